The molecule has 0 radical (unpaired) electrons. The molecule has 37 heavy (non-hydrogen) atoms. The van der Waals surface area contributed by atoms with E-state index in [1.54, 1.807) is 62.7 Å². The SMILES string of the molecule is CCCC[P+](CCCC)(CCCC)C1CCC([P+](CCCC)(CCCC)CCCC)CC1.[Br][Co-2]([Br])([Br])[Br]. The molecule has 1 saturated carbocycles. The molecule has 1 aliphatic carbocycles. The number of unbranched alkanes of at least 4 members (excludes halogenated alkanes) is 6. The normalized spacial score (nSPS) is 19.4. The number of rotatable bonds is 20. The van der Waals surface area contributed by atoms with Crippen LogP contribution in [0.2, 0.25) is 0 Å². The van der Waals surface area contributed by atoms with E-state index in [0.717, 1.165) is 11.3 Å². The average Bonchev–Trinajstić information content (AvgIpc) is 2.87. The van der Waals surface area contributed by atoms with E-state index in [2.05, 4.69) is 98.2 Å². The van der Waals surface area contributed by atoms with Gasteiger partial charge in [-0.2, -0.15) is 0 Å². The summed E-state index contributed by atoms with van der Waals surface area (Å²) in [5.41, 5.74) is 1.17. The zero-order valence-corrected chi connectivity index (χ0v) is 34.6. The molecule has 7 heteroatoms. The minimum absolute atomic E-state index is 0.751. The van der Waals surface area contributed by atoms with Crippen molar-refractivity contribution >= 4 is 71.2 Å². The molecule has 0 unspecified atom stereocenters. The van der Waals surface area contributed by atoms with Crippen LogP contribution in [0.3, 0.4) is 0 Å². The second-order valence-electron chi connectivity index (χ2n) is 11.6. The molecule has 0 N–H and O–H groups in total. The van der Waals surface area contributed by atoms with Crippen molar-refractivity contribution in [3.8, 4) is 0 Å². The summed E-state index contributed by atoms with van der Waals surface area (Å²) in [6, 6.07) is 0. The summed E-state index contributed by atoms with van der Waals surface area (Å²) in [4.78, 5) is 0. The van der Waals surface area contributed by atoms with Gasteiger partial charge in [-0.05, 0) is 64.2 Å². The van der Waals surface area contributed by atoms with Crippen molar-refractivity contribution in [2.24, 2.45) is 0 Å². The second-order valence-corrected chi connectivity index (χ2v) is 52.2. The number of hydrogen-bond acceptors (Lipinski definition) is 0. The summed E-state index contributed by atoms with van der Waals surface area (Å²) in [6.07, 6.45) is 33.9. The summed E-state index contributed by atoms with van der Waals surface area (Å²) in [7, 11) is -1.50. The molecule has 1 fully saturated rings. The molecule has 0 heterocycles. The Morgan fingerprint density at radius 1 is 0.432 bits per heavy atom. The molecule has 1 aliphatic rings. The third-order valence-electron chi connectivity index (χ3n) is 8.96. The first-order chi connectivity index (χ1) is 17.6. The van der Waals surface area contributed by atoms with Crippen molar-refractivity contribution in [3.05, 3.63) is 0 Å². The van der Waals surface area contributed by atoms with Gasteiger partial charge in [0.15, 0.2) is 0 Å². The van der Waals surface area contributed by atoms with Crippen LogP contribution in [0.1, 0.15) is 144 Å². The van der Waals surface area contributed by atoms with Crippen LogP contribution in [0.5, 0.6) is 0 Å². The maximum absolute atomic E-state index is 3.23. The van der Waals surface area contributed by atoms with Gasteiger partial charge in [0.25, 0.3) is 0 Å². The molecule has 0 nitrogen and oxygen atoms in total. The van der Waals surface area contributed by atoms with E-state index in [0.29, 0.717) is 0 Å². The molecular weight excluding hydrogens is 801 g/mol. The van der Waals surface area contributed by atoms with E-state index >= 15 is 0 Å². The van der Waals surface area contributed by atoms with E-state index in [4.69, 9.17) is 0 Å². The van der Waals surface area contributed by atoms with Crippen LogP contribution in [0, 0.1) is 0 Å². The summed E-state index contributed by atoms with van der Waals surface area (Å²) in [6.45, 7) is 14.6. The Morgan fingerprint density at radius 2 is 0.595 bits per heavy atom. The van der Waals surface area contributed by atoms with Gasteiger partial charge in [0.1, 0.15) is 0 Å². The first kappa shape index (κ1) is 40.3. The van der Waals surface area contributed by atoms with Gasteiger partial charge in [0.05, 0.1) is 48.3 Å². The van der Waals surface area contributed by atoms with Crippen LogP contribution in [0.4, 0.5) is 0 Å². The van der Waals surface area contributed by atoms with Crippen molar-refractivity contribution in [2.75, 3.05) is 37.0 Å². The van der Waals surface area contributed by atoms with Crippen molar-refractivity contribution in [1.29, 1.82) is 0 Å². The van der Waals surface area contributed by atoms with Crippen LogP contribution in [-0.4, -0.2) is 48.3 Å². The Labute approximate surface area is 266 Å². The first-order valence-corrected chi connectivity index (χ1v) is 30.9. The number of hydrogen-bond donors (Lipinski definition) is 0. The summed E-state index contributed by atoms with van der Waals surface area (Å²) >= 11 is 12.9. The quantitative estimate of drug-likeness (QED) is 0.107. The maximum atomic E-state index is 3.23. The molecule has 0 aliphatic heterocycles. The zero-order valence-electron chi connectivity index (χ0n) is 25.5. The van der Waals surface area contributed by atoms with Crippen molar-refractivity contribution in [1.82, 2.24) is 0 Å². The average molecular weight is 865 g/mol. The van der Waals surface area contributed by atoms with Gasteiger partial charge < -0.3 is 0 Å². The van der Waals surface area contributed by atoms with Crippen LogP contribution in [0.15, 0.2) is 0 Å². The van der Waals surface area contributed by atoms with Crippen LogP contribution in [-0.2, 0) is 5.46 Å². The Balaban J connectivity index is 0.00000235. The topological polar surface area (TPSA) is 0 Å². The van der Waals surface area contributed by atoms with Crippen LogP contribution >= 0.6 is 71.2 Å². The van der Waals surface area contributed by atoms with Gasteiger partial charge in [-0.25, -0.2) is 0 Å². The molecule has 231 valence electrons. The van der Waals surface area contributed by atoms with Gasteiger partial charge in [-0.15, -0.1) is 0 Å². The molecule has 0 bridgehead atoms. The predicted octanol–water partition coefficient (Wildman–Crippen LogP) is 14.5. The molecule has 0 spiro atoms. The molecule has 0 aromatic rings. The van der Waals surface area contributed by atoms with Gasteiger partial charge >= 0.3 is 62.1 Å². The van der Waals surface area contributed by atoms with E-state index in [1.165, 1.54) is 77.0 Å². The molecular formula is C30H64Br4CoP2. The Morgan fingerprint density at radius 3 is 0.730 bits per heavy atom. The Bertz CT molecular complexity index is 433. The predicted molar refractivity (Wildman–Crippen MR) is 194 cm³/mol. The van der Waals surface area contributed by atoms with Crippen molar-refractivity contribution in [2.45, 2.75) is 156 Å². The fourth-order valence-electron chi connectivity index (χ4n) is 6.76. The van der Waals surface area contributed by atoms with E-state index in [9.17, 15) is 0 Å². The fraction of sp³-hybridized carbons (Fsp3) is 1.00. The van der Waals surface area contributed by atoms with Crippen molar-refractivity contribution in [3.63, 3.8) is 0 Å². The van der Waals surface area contributed by atoms with Gasteiger partial charge in [0.2, 0.25) is 0 Å². The molecule has 0 saturated heterocycles. The summed E-state index contributed by atoms with van der Waals surface area (Å²) in [5, 5.41) is 0. The monoisotopic (exact) mass is 861 g/mol. The molecule has 0 aromatic heterocycles. The zero-order chi connectivity index (χ0) is 28.2. The number of halogens is 4. The fourth-order valence-corrected chi connectivity index (χ4v) is 18.8. The summed E-state index contributed by atoms with van der Waals surface area (Å²) in [5.74, 6) is 0. The van der Waals surface area contributed by atoms with Gasteiger partial charge in [0, 0.05) is 14.5 Å². The van der Waals surface area contributed by atoms with Crippen LogP contribution in [0.25, 0.3) is 0 Å². The van der Waals surface area contributed by atoms with Crippen molar-refractivity contribution < 1.29 is 5.46 Å². The Kier molecular flexibility index (Phi) is 25.8. The van der Waals surface area contributed by atoms with Crippen LogP contribution < -0.4 is 0 Å². The summed E-state index contributed by atoms with van der Waals surface area (Å²) < 4.78 is 0. The second kappa shape index (κ2) is 23.7. The van der Waals surface area contributed by atoms with E-state index < -0.39 is 20.0 Å². The van der Waals surface area contributed by atoms with E-state index in [-0.39, 0.29) is 0 Å². The molecule has 1 rings (SSSR count). The molecule has 0 aromatic carbocycles. The standard InChI is InChI=1S/C30H64P2.4BrH.Co/c1-7-13-23-31(24-14-8-2,25-15-9-3)29-19-21-30(22-20-29)32(26-16-10-4,27-17-11-5)28-18-12-6;;;;;/h29-30H,7-28H2,1-6H3;4*1H;/q+2;;;;;+2/p-4. The van der Waals surface area contributed by atoms with Gasteiger partial charge in [-0.3, -0.25) is 0 Å². The molecule has 0 atom stereocenters. The Hall–Kier alpha value is 3.29. The first-order valence-electron chi connectivity index (χ1n) is 15.8. The third kappa shape index (κ3) is 17.9. The minimum atomic E-state index is -1.12. The molecule has 0 amide bonds. The van der Waals surface area contributed by atoms with E-state index in [1.807, 2.05) is 0 Å². The van der Waals surface area contributed by atoms with Gasteiger partial charge in [-0.1, -0.05) is 80.1 Å². The third-order valence-corrected chi connectivity index (χ3v) is 20.3.